The van der Waals surface area contributed by atoms with Crippen molar-refractivity contribution >= 4 is 11.9 Å². The van der Waals surface area contributed by atoms with Gasteiger partial charge in [0.25, 0.3) is 0 Å². The monoisotopic (exact) mass is 231 g/mol. The molecule has 0 amide bonds. The summed E-state index contributed by atoms with van der Waals surface area (Å²) in [5.74, 6) is -0.783. The van der Waals surface area contributed by atoms with Crippen LogP contribution in [0.1, 0.15) is 10.5 Å². The van der Waals surface area contributed by atoms with Crippen molar-refractivity contribution in [3.8, 4) is 11.5 Å². The third-order valence-electron chi connectivity index (χ3n) is 1.95. The highest BCUT2D eigenvalue weighted by molar-refractivity contribution is 5.89. The molecule has 0 atom stereocenters. The molecule has 1 aromatic heterocycles. The molecule has 0 fully saturated rings. The van der Waals surface area contributed by atoms with E-state index in [1.807, 2.05) is 0 Å². The first-order chi connectivity index (χ1) is 8.16. The van der Waals surface area contributed by atoms with Crippen molar-refractivity contribution in [1.29, 1.82) is 0 Å². The van der Waals surface area contributed by atoms with Crippen LogP contribution in [0, 0.1) is 0 Å². The maximum Gasteiger partial charge on any atom is 0.362 e. The van der Waals surface area contributed by atoms with E-state index < -0.39 is 5.97 Å². The first-order valence-corrected chi connectivity index (χ1v) is 4.75. The van der Waals surface area contributed by atoms with Crippen molar-refractivity contribution < 1.29 is 14.6 Å². The smallest absolute Gasteiger partial charge is 0.362 e. The predicted molar refractivity (Wildman–Crippen MR) is 59.5 cm³/mol. The minimum absolute atomic E-state index is 0.0169. The summed E-state index contributed by atoms with van der Waals surface area (Å²) in [6.07, 6.45) is 1.35. The number of ether oxygens (including phenoxy) is 1. The van der Waals surface area contributed by atoms with Gasteiger partial charge in [-0.2, -0.15) is 0 Å². The number of phenolic OH excluding ortho intramolecular Hbond substituents is 1. The van der Waals surface area contributed by atoms with Crippen LogP contribution in [0.5, 0.6) is 11.5 Å². The number of carbonyl (C=O) groups is 1. The van der Waals surface area contributed by atoms with E-state index in [4.69, 9.17) is 10.5 Å². The van der Waals surface area contributed by atoms with E-state index >= 15 is 0 Å². The molecule has 6 nitrogen and oxygen atoms in total. The number of nitrogen functional groups attached to an aromatic ring is 1. The predicted octanol–water partition coefficient (Wildman–Crippen LogP) is 0.984. The number of carbonyl (C=O) groups excluding carboxylic acids is 1. The fourth-order valence-electron chi connectivity index (χ4n) is 1.18. The minimum Gasteiger partial charge on any atom is -0.504 e. The lowest BCUT2D eigenvalue weighted by molar-refractivity contribution is 0.0723. The molecular weight excluding hydrogens is 222 g/mol. The van der Waals surface area contributed by atoms with Gasteiger partial charge in [0.2, 0.25) is 5.95 Å². The number of esters is 1. The molecule has 1 aromatic carbocycles. The average Bonchev–Trinajstić information content (AvgIpc) is 2.32. The maximum atomic E-state index is 11.6. The molecule has 0 radical (unpaired) electrons. The molecule has 0 aliphatic rings. The van der Waals surface area contributed by atoms with E-state index in [0.29, 0.717) is 0 Å². The van der Waals surface area contributed by atoms with Crippen LogP contribution in [0.4, 0.5) is 5.95 Å². The lowest BCUT2D eigenvalue weighted by Crippen LogP contribution is -2.12. The zero-order chi connectivity index (χ0) is 12.3. The van der Waals surface area contributed by atoms with Gasteiger partial charge in [0.05, 0.1) is 0 Å². The van der Waals surface area contributed by atoms with Gasteiger partial charge < -0.3 is 15.6 Å². The van der Waals surface area contributed by atoms with Crippen LogP contribution >= 0.6 is 0 Å². The van der Waals surface area contributed by atoms with Crippen LogP contribution in [0.3, 0.4) is 0 Å². The summed E-state index contributed by atoms with van der Waals surface area (Å²) in [4.78, 5) is 19.0. The molecule has 0 unspecified atom stereocenters. The molecule has 6 heteroatoms. The van der Waals surface area contributed by atoms with E-state index in [1.165, 1.54) is 24.4 Å². The van der Waals surface area contributed by atoms with E-state index in [1.54, 1.807) is 12.1 Å². The number of para-hydroxylation sites is 2. The van der Waals surface area contributed by atoms with Gasteiger partial charge in [-0.3, -0.25) is 0 Å². The molecule has 17 heavy (non-hydrogen) atoms. The number of aromatic nitrogens is 2. The zero-order valence-corrected chi connectivity index (χ0v) is 8.70. The summed E-state index contributed by atoms with van der Waals surface area (Å²) >= 11 is 0. The van der Waals surface area contributed by atoms with Gasteiger partial charge in [0.1, 0.15) is 0 Å². The van der Waals surface area contributed by atoms with Gasteiger partial charge in [-0.15, -0.1) is 0 Å². The lowest BCUT2D eigenvalue weighted by atomic mass is 10.3. The van der Waals surface area contributed by atoms with E-state index in [9.17, 15) is 9.90 Å². The molecule has 0 bridgehead atoms. The Morgan fingerprint density at radius 2 is 2.06 bits per heavy atom. The lowest BCUT2D eigenvalue weighted by Gasteiger charge is -2.05. The SMILES string of the molecule is Nc1nccc(C(=O)Oc2ccccc2O)n1. The highest BCUT2D eigenvalue weighted by Gasteiger charge is 2.12. The maximum absolute atomic E-state index is 11.6. The van der Waals surface area contributed by atoms with Crippen LogP contribution in [-0.2, 0) is 0 Å². The second kappa shape index (κ2) is 4.48. The number of rotatable bonds is 2. The molecule has 0 aliphatic heterocycles. The molecule has 0 spiro atoms. The second-order valence-corrected chi connectivity index (χ2v) is 3.16. The number of phenols is 1. The Labute approximate surface area is 96.7 Å². The summed E-state index contributed by atoms with van der Waals surface area (Å²) in [5, 5.41) is 9.43. The van der Waals surface area contributed by atoms with Crippen molar-refractivity contribution in [3.05, 3.63) is 42.2 Å². The number of nitrogens with zero attached hydrogens (tertiary/aromatic N) is 2. The van der Waals surface area contributed by atoms with Crippen molar-refractivity contribution in [3.63, 3.8) is 0 Å². The van der Waals surface area contributed by atoms with Gasteiger partial charge in [-0.25, -0.2) is 14.8 Å². The molecular formula is C11H9N3O3. The summed E-state index contributed by atoms with van der Waals surface area (Å²) in [6, 6.07) is 7.51. The van der Waals surface area contributed by atoms with Gasteiger partial charge >= 0.3 is 5.97 Å². The van der Waals surface area contributed by atoms with Crippen LogP contribution in [-0.4, -0.2) is 21.0 Å². The number of benzene rings is 1. The second-order valence-electron chi connectivity index (χ2n) is 3.16. The number of hydrogen-bond donors (Lipinski definition) is 2. The van der Waals surface area contributed by atoms with Gasteiger partial charge in [-0.1, -0.05) is 12.1 Å². The fourth-order valence-corrected chi connectivity index (χ4v) is 1.18. The first kappa shape index (κ1) is 10.9. The summed E-state index contributed by atoms with van der Waals surface area (Å²) in [7, 11) is 0. The third kappa shape index (κ3) is 2.49. The molecule has 0 saturated heterocycles. The number of hydrogen-bond acceptors (Lipinski definition) is 6. The Balaban J connectivity index is 2.20. The van der Waals surface area contributed by atoms with Crippen LogP contribution in [0.15, 0.2) is 36.5 Å². The summed E-state index contributed by atoms with van der Waals surface area (Å²) in [6.45, 7) is 0. The first-order valence-electron chi connectivity index (χ1n) is 4.75. The van der Waals surface area contributed by atoms with E-state index in [2.05, 4.69) is 9.97 Å². The van der Waals surface area contributed by atoms with Crippen molar-refractivity contribution in [2.24, 2.45) is 0 Å². The van der Waals surface area contributed by atoms with E-state index in [-0.39, 0.29) is 23.1 Å². The third-order valence-corrected chi connectivity index (χ3v) is 1.95. The number of aromatic hydroxyl groups is 1. The molecule has 86 valence electrons. The minimum atomic E-state index is -0.708. The Morgan fingerprint density at radius 1 is 1.29 bits per heavy atom. The van der Waals surface area contributed by atoms with Gasteiger partial charge in [-0.05, 0) is 18.2 Å². The summed E-state index contributed by atoms with van der Waals surface area (Å²) < 4.78 is 4.95. The zero-order valence-electron chi connectivity index (χ0n) is 8.70. The molecule has 2 rings (SSSR count). The Kier molecular flexibility index (Phi) is 2.87. The molecule has 3 N–H and O–H groups in total. The molecule has 2 aromatic rings. The van der Waals surface area contributed by atoms with Crippen LogP contribution < -0.4 is 10.5 Å². The molecule has 1 heterocycles. The normalized spacial score (nSPS) is 9.88. The molecule has 0 aliphatic carbocycles. The quantitative estimate of drug-likeness (QED) is 0.590. The largest absolute Gasteiger partial charge is 0.504 e. The fraction of sp³-hybridized carbons (Fsp3) is 0. The molecule has 0 saturated carbocycles. The Morgan fingerprint density at radius 3 is 2.76 bits per heavy atom. The topological polar surface area (TPSA) is 98.3 Å². The highest BCUT2D eigenvalue weighted by atomic mass is 16.5. The Bertz CT molecular complexity index is 557. The number of anilines is 1. The van der Waals surface area contributed by atoms with Crippen molar-refractivity contribution in [2.45, 2.75) is 0 Å². The highest BCUT2D eigenvalue weighted by Crippen LogP contribution is 2.24. The van der Waals surface area contributed by atoms with E-state index in [0.717, 1.165) is 0 Å². The van der Waals surface area contributed by atoms with Crippen LogP contribution in [0.25, 0.3) is 0 Å². The number of nitrogens with two attached hydrogens (primary N) is 1. The Hall–Kier alpha value is -2.63. The van der Waals surface area contributed by atoms with Gasteiger partial charge in [0.15, 0.2) is 17.2 Å². The summed E-state index contributed by atoms with van der Waals surface area (Å²) in [5.41, 5.74) is 5.37. The van der Waals surface area contributed by atoms with Crippen LogP contribution in [0.2, 0.25) is 0 Å². The van der Waals surface area contributed by atoms with Crippen molar-refractivity contribution in [1.82, 2.24) is 9.97 Å². The van der Waals surface area contributed by atoms with Crippen molar-refractivity contribution in [2.75, 3.05) is 5.73 Å². The standard InChI is InChI=1S/C11H9N3O3/c12-11-13-6-5-7(14-11)10(16)17-9-4-2-1-3-8(9)15/h1-6,15H,(H2,12,13,14). The average molecular weight is 231 g/mol. The van der Waals surface area contributed by atoms with Gasteiger partial charge in [0, 0.05) is 6.20 Å².